The Labute approximate surface area is 105 Å². The van der Waals surface area contributed by atoms with Crippen LogP contribution in [-0.2, 0) is 6.54 Å². The summed E-state index contributed by atoms with van der Waals surface area (Å²) in [5, 5.41) is 3.56. The molecule has 2 nitrogen and oxygen atoms in total. The lowest BCUT2D eigenvalue weighted by Gasteiger charge is -2.19. The van der Waals surface area contributed by atoms with Crippen LogP contribution in [0.5, 0.6) is 0 Å². The van der Waals surface area contributed by atoms with Gasteiger partial charge in [-0.2, -0.15) is 0 Å². The molecule has 0 aromatic heterocycles. The number of aryl methyl sites for hydroxylation is 1. The third-order valence-electron chi connectivity index (χ3n) is 3.56. The predicted octanol–water partition coefficient (Wildman–Crippen LogP) is 2.57. The van der Waals surface area contributed by atoms with Gasteiger partial charge in [0.1, 0.15) is 0 Å². The van der Waals surface area contributed by atoms with Crippen molar-refractivity contribution in [2.45, 2.75) is 38.8 Å². The molecule has 0 spiro atoms. The summed E-state index contributed by atoms with van der Waals surface area (Å²) in [7, 11) is 2.22. The third kappa shape index (κ3) is 4.14. The fourth-order valence-corrected chi connectivity index (χ4v) is 2.58. The molecule has 1 aromatic rings. The van der Waals surface area contributed by atoms with Crippen molar-refractivity contribution >= 4 is 0 Å². The zero-order valence-electron chi connectivity index (χ0n) is 11.1. The first kappa shape index (κ1) is 12.6. The van der Waals surface area contributed by atoms with E-state index in [0.717, 1.165) is 12.6 Å². The number of benzene rings is 1. The number of rotatable bonds is 5. The van der Waals surface area contributed by atoms with Gasteiger partial charge in [-0.25, -0.2) is 0 Å². The van der Waals surface area contributed by atoms with Gasteiger partial charge < -0.3 is 10.2 Å². The van der Waals surface area contributed by atoms with Gasteiger partial charge in [0.05, 0.1) is 0 Å². The lowest BCUT2D eigenvalue weighted by Crippen LogP contribution is -2.28. The summed E-state index contributed by atoms with van der Waals surface area (Å²) in [6, 6.07) is 9.57. The Balaban J connectivity index is 1.74. The quantitative estimate of drug-likeness (QED) is 0.839. The van der Waals surface area contributed by atoms with Gasteiger partial charge in [0.15, 0.2) is 0 Å². The van der Waals surface area contributed by atoms with Crippen molar-refractivity contribution in [1.82, 2.24) is 10.2 Å². The summed E-state index contributed by atoms with van der Waals surface area (Å²) in [6.45, 7) is 5.62. The summed E-state index contributed by atoms with van der Waals surface area (Å²) in [4.78, 5) is 2.43. The number of nitrogens with zero attached hydrogens (tertiary/aromatic N) is 1. The number of nitrogens with one attached hydrogen (secondary N) is 1. The van der Waals surface area contributed by atoms with E-state index in [9.17, 15) is 0 Å². The highest BCUT2D eigenvalue weighted by Gasteiger charge is 2.14. The first-order valence-electron chi connectivity index (χ1n) is 6.71. The maximum atomic E-state index is 3.56. The van der Waals surface area contributed by atoms with Gasteiger partial charge in [-0.05, 0) is 51.9 Å². The molecule has 1 heterocycles. The molecule has 1 aromatic carbocycles. The van der Waals surface area contributed by atoms with Crippen LogP contribution < -0.4 is 5.32 Å². The summed E-state index contributed by atoms with van der Waals surface area (Å²) >= 11 is 0. The SMILES string of the molecule is Cc1cccc(CN(C)CCC2CCCN2)c1. The molecule has 94 valence electrons. The van der Waals surface area contributed by atoms with Gasteiger partial charge >= 0.3 is 0 Å². The highest BCUT2D eigenvalue weighted by atomic mass is 15.1. The summed E-state index contributed by atoms with van der Waals surface area (Å²) in [5.74, 6) is 0. The van der Waals surface area contributed by atoms with Crippen molar-refractivity contribution in [3.8, 4) is 0 Å². The second kappa shape index (κ2) is 6.18. The molecule has 0 amide bonds. The van der Waals surface area contributed by atoms with Crippen LogP contribution in [0.3, 0.4) is 0 Å². The van der Waals surface area contributed by atoms with Gasteiger partial charge in [-0.1, -0.05) is 29.8 Å². The van der Waals surface area contributed by atoms with Crippen molar-refractivity contribution in [3.05, 3.63) is 35.4 Å². The lowest BCUT2D eigenvalue weighted by molar-refractivity contribution is 0.305. The largest absolute Gasteiger partial charge is 0.314 e. The maximum Gasteiger partial charge on any atom is 0.0230 e. The fourth-order valence-electron chi connectivity index (χ4n) is 2.58. The van der Waals surface area contributed by atoms with Crippen molar-refractivity contribution in [2.24, 2.45) is 0 Å². The van der Waals surface area contributed by atoms with Crippen molar-refractivity contribution in [2.75, 3.05) is 20.1 Å². The Hall–Kier alpha value is -0.860. The molecule has 2 heteroatoms. The monoisotopic (exact) mass is 232 g/mol. The van der Waals surface area contributed by atoms with Crippen molar-refractivity contribution < 1.29 is 0 Å². The molecule has 0 aliphatic carbocycles. The highest BCUT2D eigenvalue weighted by Crippen LogP contribution is 2.11. The van der Waals surface area contributed by atoms with E-state index in [-0.39, 0.29) is 0 Å². The minimum absolute atomic E-state index is 0.759. The van der Waals surface area contributed by atoms with E-state index >= 15 is 0 Å². The first-order chi connectivity index (χ1) is 8.24. The van der Waals surface area contributed by atoms with Crippen LogP contribution in [-0.4, -0.2) is 31.1 Å². The molecule has 1 atom stereocenters. The lowest BCUT2D eigenvalue weighted by atomic mass is 10.1. The van der Waals surface area contributed by atoms with E-state index in [2.05, 4.69) is 48.5 Å². The maximum absolute atomic E-state index is 3.56. The van der Waals surface area contributed by atoms with E-state index in [1.807, 2.05) is 0 Å². The number of hydrogen-bond donors (Lipinski definition) is 1. The summed E-state index contributed by atoms with van der Waals surface area (Å²) < 4.78 is 0. The topological polar surface area (TPSA) is 15.3 Å². The predicted molar refractivity (Wildman–Crippen MR) is 73.2 cm³/mol. The molecular weight excluding hydrogens is 208 g/mol. The van der Waals surface area contributed by atoms with Gasteiger partial charge in [0.2, 0.25) is 0 Å². The Morgan fingerprint density at radius 3 is 3.00 bits per heavy atom. The molecule has 0 bridgehead atoms. The Bertz CT molecular complexity index is 343. The Kier molecular flexibility index (Phi) is 4.57. The first-order valence-corrected chi connectivity index (χ1v) is 6.71. The van der Waals surface area contributed by atoms with Crippen LogP contribution in [0.1, 0.15) is 30.4 Å². The summed E-state index contributed by atoms with van der Waals surface area (Å²) in [6.07, 6.45) is 3.99. The molecule has 2 rings (SSSR count). The molecule has 0 radical (unpaired) electrons. The van der Waals surface area contributed by atoms with Gasteiger partial charge in [-0.15, -0.1) is 0 Å². The van der Waals surface area contributed by atoms with E-state index in [1.165, 1.54) is 43.5 Å². The second-order valence-corrected chi connectivity index (χ2v) is 5.31. The van der Waals surface area contributed by atoms with Crippen LogP contribution in [0.15, 0.2) is 24.3 Å². The molecule has 1 aliphatic rings. The van der Waals surface area contributed by atoms with E-state index in [0.29, 0.717) is 0 Å². The molecule has 1 unspecified atom stereocenters. The minimum Gasteiger partial charge on any atom is -0.314 e. The third-order valence-corrected chi connectivity index (χ3v) is 3.56. The Morgan fingerprint density at radius 1 is 1.41 bits per heavy atom. The molecular formula is C15H24N2. The fraction of sp³-hybridized carbons (Fsp3) is 0.600. The standard InChI is InChI=1S/C15H24N2/c1-13-5-3-6-14(11-13)12-17(2)10-8-15-7-4-9-16-15/h3,5-6,11,15-16H,4,7-10,12H2,1-2H3. The molecule has 0 saturated carbocycles. The van der Waals surface area contributed by atoms with Crippen LogP contribution in [0, 0.1) is 6.92 Å². The summed E-state index contributed by atoms with van der Waals surface area (Å²) in [5.41, 5.74) is 2.78. The zero-order valence-corrected chi connectivity index (χ0v) is 11.1. The van der Waals surface area contributed by atoms with Gasteiger partial charge in [0, 0.05) is 12.6 Å². The average Bonchev–Trinajstić information content (AvgIpc) is 2.79. The smallest absolute Gasteiger partial charge is 0.0230 e. The van der Waals surface area contributed by atoms with Crippen LogP contribution in [0.2, 0.25) is 0 Å². The molecule has 1 saturated heterocycles. The minimum atomic E-state index is 0.759. The molecule has 1 N–H and O–H groups in total. The van der Waals surface area contributed by atoms with E-state index < -0.39 is 0 Å². The molecule has 17 heavy (non-hydrogen) atoms. The van der Waals surface area contributed by atoms with Crippen LogP contribution in [0.25, 0.3) is 0 Å². The molecule has 1 fully saturated rings. The van der Waals surface area contributed by atoms with Gasteiger partial charge in [0.25, 0.3) is 0 Å². The van der Waals surface area contributed by atoms with Crippen LogP contribution >= 0.6 is 0 Å². The number of hydrogen-bond acceptors (Lipinski definition) is 2. The molecule has 1 aliphatic heterocycles. The Morgan fingerprint density at radius 2 is 2.29 bits per heavy atom. The average molecular weight is 232 g/mol. The normalized spacial score (nSPS) is 20.1. The second-order valence-electron chi connectivity index (χ2n) is 5.31. The zero-order chi connectivity index (χ0) is 12.1. The highest BCUT2D eigenvalue weighted by molar-refractivity contribution is 5.21. The van der Waals surface area contributed by atoms with E-state index in [1.54, 1.807) is 0 Å². The van der Waals surface area contributed by atoms with E-state index in [4.69, 9.17) is 0 Å². The van der Waals surface area contributed by atoms with Gasteiger partial charge in [-0.3, -0.25) is 0 Å². The van der Waals surface area contributed by atoms with Crippen LogP contribution in [0.4, 0.5) is 0 Å². The van der Waals surface area contributed by atoms with Crippen molar-refractivity contribution in [3.63, 3.8) is 0 Å². The van der Waals surface area contributed by atoms with Crippen molar-refractivity contribution in [1.29, 1.82) is 0 Å².